The van der Waals surface area contributed by atoms with Gasteiger partial charge in [0.05, 0.1) is 5.75 Å². The Morgan fingerprint density at radius 2 is 1.93 bits per heavy atom. The number of anilines is 1. The molecule has 0 aliphatic heterocycles. The maximum Gasteiger partial charge on any atom is 0.253 e. The van der Waals surface area contributed by atoms with Crippen LogP contribution in [0.4, 0.5) is 5.69 Å². The van der Waals surface area contributed by atoms with Crippen LogP contribution in [0.25, 0.3) is 11.4 Å². The van der Waals surface area contributed by atoms with Gasteiger partial charge in [-0.05, 0) is 42.5 Å². The fraction of sp³-hybridized carbons (Fsp3) is 0.158. The van der Waals surface area contributed by atoms with Gasteiger partial charge in [-0.1, -0.05) is 29.4 Å². The van der Waals surface area contributed by atoms with E-state index in [4.69, 9.17) is 11.6 Å². The molecule has 3 aromatic rings. The van der Waals surface area contributed by atoms with Crippen molar-refractivity contribution in [3.05, 3.63) is 59.1 Å². The van der Waals surface area contributed by atoms with Crippen molar-refractivity contribution in [3.8, 4) is 11.4 Å². The summed E-state index contributed by atoms with van der Waals surface area (Å²) in [6, 6.07) is 14.0. The number of halogens is 1. The number of benzene rings is 2. The number of aromatic nitrogens is 3. The van der Waals surface area contributed by atoms with E-state index in [1.165, 1.54) is 16.7 Å². The highest BCUT2D eigenvalue weighted by Gasteiger charge is 2.11. The minimum absolute atomic E-state index is 0.124. The fourth-order valence-corrected chi connectivity index (χ4v) is 3.09. The number of nitrogens with one attached hydrogen (secondary N) is 2. The Kier molecular flexibility index (Phi) is 6.33. The summed E-state index contributed by atoms with van der Waals surface area (Å²) in [5.74, 6) is 0.414. The topological polar surface area (TPSA) is 91.0 Å². The largest absolute Gasteiger partial charge is 0.345 e. The Morgan fingerprint density at radius 3 is 2.64 bits per heavy atom. The van der Waals surface area contributed by atoms with Crippen molar-refractivity contribution < 1.29 is 9.59 Å². The average Bonchev–Trinajstić information content (AvgIpc) is 3.15. The second-order valence-electron chi connectivity index (χ2n) is 6.09. The molecule has 0 unspecified atom stereocenters. The Bertz CT molecular complexity index is 988. The first-order valence-corrected chi connectivity index (χ1v) is 9.71. The van der Waals surface area contributed by atoms with Crippen LogP contribution in [-0.2, 0) is 4.79 Å². The molecule has 0 aliphatic carbocycles. The van der Waals surface area contributed by atoms with E-state index in [2.05, 4.69) is 20.5 Å². The number of thioether (sulfide) groups is 1. The van der Waals surface area contributed by atoms with Crippen molar-refractivity contribution >= 4 is 40.9 Å². The number of aromatic amines is 1. The minimum atomic E-state index is -0.211. The maximum absolute atomic E-state index is 12.2. The number of nitrogens with zero attached hydrogens (tertiary/aromatic N) is 3. The predicted octanol–water partition coefficient (Wildman–Crippen LogP) is 3.56. The molecule has 144 valence electrons. The molecule has 0 aliphatic rings. The van der Waals surface area contributed by atoms with Crippen LogP contribution in [0.5, 0.6) is 0 Å². The highest BCUT2D eigenvalue weighted by atomic mass is 35.5. The summed E-state index contributed by atoms with van der Waals surface area (Å²) in [4.78, 5) is 30.1. The van der Waals surface area contributed by atoms with Gasteiger partial charge in [-0.2, -0.15) is 0 Å². The van der Waals surface area contributed by atoms with Crippen LogP contribution in [0.15, 0.2) is 53.7 Å². The summed E-state index contributed by atoms with van der Waals surface area (Å²) in [6.07, 6.45) is 0. The van der Waals surface area contributed by atoms with Gasteiger partial charge in [0.25, 0.3) is 5.91 Å². The molecule has 0 bridgehead atoms. The van der Waals surface area contributed by atoms with E-state index in [1.807, 2.05) is 12.1 Å². The molecule has 0 saturated heterocycles. The first-order valence-electron chi connectivity index (χ1n) is 8.35. The van der Waals surface area contributed by atoms with Gasteiger partial charge in [-0.25, -0.2) is 4.98 Å². The second-order valence-corrected chi connectivity index (χ2v) is 7.47. The van der Waals surface area contributed by atoms with Gasteiger partial charge < -0.3 is 10.2 Å². The second kappa shape index (κ2) is 8.90. The molecule has 2 aromatic carbocycles. The number of hydrogen-bond donors (Lipinski definition) is 2. The standard InChI is InChI=1S/C19H18ClN5O2S/c1-25(2)18(27)13-4-3-5-15(10-13)21-16(26)11-28-19-22-17(23-24-19)12-6-8-14(20)9-7-12/h3-10H,11H2,1-2H3,(H,21,26)(H,22,23,24). The smallest absolute Gasteiger partial charge is 0.253 e. The summed E-state index contributed by atoms with van der Waals surface area (Å²) in [7, 11) is 3.36. The number of amides is 2. The van der Waals surface area contributed by atoms with Gasteiger partial charge in [0.2, 0.25) is 11.1 Å². The minimum Gasteiger partial charge on any atom is -0.345 e. The molecule has 9 heteroatoms. The van der Waals surface area contributed by atoms with Crippen LogP contribution in [0.1, 0.15) is 10.4 Å². The fourth-order valence-electron chi connectivity index (χ4n) is 2.36. The molecule has 0 spiro atoms. The lowest BCUT2D eigenvalue weighted by atomic mass is 10.2. The summed E-state index contributed by atoms with van der Waals surface area (Å²) in [5, 5.41) is 10.9. The summed E-state index contributed by atoms with van der Waals surface area (Å²) >= 11 is 7.10. The molecule has 2 amide bonds. The average molecular weight is 416 g/mol. The Balaban J connectivity index is 1.57. The van der Waals surface area contributed by atoms with Crippen LogP contribution in [0.2, 0.25) is 5.02 Å². The van der Waals surface area contributed by atoms with Gasteiger partial charge in [-0.15, -0.1) is 5.10 Å². The zero-order valence-corrected chi connectivity index (χ0v) is 16.8. The number of carbonyl (C=O) groups excluding carboxylic acids is 2. The molecule has 0 saturated carbocycles. The van der Waals surface area contributed by atoms with Crippen LogP contribution in [0.3, 0.4) is 0 Å². The third kappa shape index (κ3) is 5.11. The molecule has 28 heavy (non-hydrogen) atoms. The van der Waals surface area contributed by atoms with Gasteiger partial charge in [0.1, 0.15) is 0 Å². The third-order valence-corrected chi connectivity index (χ3v) is 4.81. The van der Waals surface area contributed by atoms with Gasteiger partial charge in [0.15, 0.2) is 5.82 Å². The zero-order valence-electron chi connectivity index (χ0n) is 15.3. The van der Waals surface area contributed by atoms with Crippen molar-refractivity contribution in [1.29, 1.82) is 0 Å². The molecular formula is C19H18ClN5O2S. The molecule has 1 aromatic heterocycles. The lowest BCUT2D eigenvalue weighted by Crippen LogP contribution is -2.22. The van der Waals surface area contributed by atoms with Crippen LogP contribution in [0, 0.1) is 0 Å². The van der Waals surface area contributed by atoms with Crippen molar-refractivity contribution in [1.82, 2.24) is 20.1 Å². The van der Waals surface area contributed by atoms with Crippen molar-refractivity contribution in [2.45, 2.75) is 5.16 Å². The van der Waals surface area contributed by atoms with Gasteiger partial charge in [0, 0.05) is 35.9 Å². The van der Waals surface area contributed by atoms with E-state index in [9.17, 15) is 9.59 Å². The molecule has 2 N–H and O–H groups in total. The zero-order chi connectivity index (χ0) is 20.1. The first kappa shape index (κ1) is 19.9. The monoisotopic (exact) mass is 415 g/mol. The van der Waals surface area contributed by atoms with E-state index < -0.39 is 0 Å². The summed E-state index contributed by atoms with van der Waals surface area (Å²) in [5.41, 5.74) is 1.93. The quantitative estimate of drug-likeness (QED) is 0.600. The van der Waals surface area contributed by atoms with Crippen LogP contribution in [-0.4, -0.2) is 51.7 Å². The third-order valence-electron chi connectivity index (χ3n) is 3.71. The van der Waals surface area contributed by atoms with E-state index in [1.54, 1.807) is 50.5 Å². The SMILES string of the molecule is CN(C)C(=O)c1cccc(NC(=O)CSc2n[nH]c(-c3ccc(Cl)cc3)n2)c1. The van der Waals surface area contributed by atoms with Gasteiger partial charge in [-0.3, -0.25) is 14.7 Å². The van der Waals surface area contributed by atoms with Gasteiger partial charge >= 0.3 is 0 Å². The Morgan fingerprint density at radius 1 is 1.18 bits per heavy atom. The number of rotatable bonds is 6. The molecule has 7 nitrogen and oxygen atoms in total. The number of carbonyl (C=O) groups is 2. The molecule has 0 atom stereocenters. The van der Waals surface area contributed by atoms with Crippen LogP contribution < -0.4 is 5.32 Å². The number of H-pyrrole nitrogens is 1. The normalized spacial score (nSPS) is 10.5. The summed E-state index contributed by atoms with van der Waals surface area (Å²) < 4.78 is 0. The molecule has 0 fully saturated rings. The van der Waals surface area contributed by atoms with Crippen LogP contribution >= 0.6 is 23.4 Å². The van der Waals surface area contributed by atoms with E-state index in [0.717, 1.165) is 5.56 Å². The van der Waals surface area contributed by atoms with Crippen molar-refractivity contribution in [2.24, 2.45) is 0 Å². The Labute approximate surface area is 171 Å². The highest BCUT2D eigenvalue weighted by molar-refractivity contribution is 7.99. The van der Waals surface area contributed by atoms with E-state index >= 15 is 0 Å². The van der Waals surface area contributed by atoms with Crippen molar-refractivity contribution in [3.63, 3.8) is 0 Å². The number of hydrogen-bond acceptors (Lipinski definition) is 5. The highest BCUT2D eigenvalue weighted by Crippen LogP contribution is 2.21. The summed E-state index contributed by atoms with van der Waals surface area (Å²) in [6.45, 7) is 0. The molecule has 0 radical (unpaired) electrons. The predicted molar refractivity (Wildman–Crippen MR) is 111 cm³/mol. The van der Waals surface area contributed by atoms with E-state index in [0.29, 0.717) is 27.3 Å². The Hall–Kier alpha value is -2.84. The van der Waals surface area contributed by atoms with Crippen molar-refractivity contribution in [2.75, 3.05) is 25.2 Å². The van der Waals surface area contributed by atoms with E-state index in [-0.39, 0.29) is 17.6 Å². The molecular weight excluding hydrogens is 398 g/mol. The lowest BCUT2D eigenvalue weighted by molar-refractivity contribution is -0.113. The lowest BCUT2D eigenvalue weighted by Gasteiger charge is -2.11. The molecule has 1 heterocycles. The molecule has 3 rings (SSSR count). The first-order chi connectivity index (χ1) is 13.4. The maximum atomic E-state index is 12.2.